The summed E-state index contributed by atoms with van der Waals surface area (Å²) in [6, 6.07) is 2.99. The molecule has 0 saturated carbocycles. The SMILES string of the molecule is CCOC(=O)CCC(=O)Cn1cc(Br)ccc1=O. The van der Waals surface area contributed by atoms with Crippen molar-refractivity contribution in [2.75, 3.05) is 6.61 Å². The highest BCUT2D eigenvalue weighted by atomic mass is 79.9. The van der Waals surface area contributed by atoms with Gasteiger partial charge in [-0.2, -0.15) is 0 Å². The first kappa shape index (κ1) is 14.6. The first-order valence-electron chi connectivity index (χ1n) is 5.56. The van der Waals surface area contributed by atoms with Gasteiger partial charge in [0.2, 0.25) is 0 Å². The molecule has 0 radical (unpaired) electrons. The van der Waals surface area contributed by atoms with Crippen LogP contribution in [0.3, 0.4) is 0 Å². The lowest BCUT2D eigenvalue weighted by Crippen LogP contribution is -2.23. The summed E-state index contributed by atoms with van der Waals surface area (Å²) in [6.45, 7) is 1.98. The third kappa shape index (κ3) is 4.83. The van der Waals surface area contributed by atoms with Gasteiger partial charge in [0.15, 0.2) is 5.78 Å². The van der Waals surface area contributed by atoms with Crippen LogP contribution in [-0.2, 0) is 20.9 Å². The molecule has 0 aliphatic heterocycles. The maximum Gasteiger partial charge on any atom is 0.306 e. The quantitative estimate of drug-likeness (QED) is 0.747. The number of halogens is 1. The Labute approximate surface area is 113 Å². The molecule has 0 bridgehead atoms. The lowest BCUT2D eigenvalue weighted by molar-refractivity contribution is -0.144. The molecule has 0 aliphatic rings. The van der Waals surface area contributed by atoms with Crippen LogP contribution in [0, 0.1) is 0 Å². The van der Waals surface area contributed by atoms with Gasteiger partial charge in [0.1, 0.15) is 0 Å². The predicted molar refractivity (Wildman–Crippen MR) is 69.3 cm³/mol. The van der Waals surface area contributed by atoms with E-state index in [9.17, 15) is 14.4 Å². The van der Waals surface area contributed by atoms with E-state index in [1.54, 1.807) is 19.2 Å². The number of ketones is 1. The van der Waals surface area contributed by atoms with E-state index in [1.807, 2.05) is 0 Å². The number of hydrogen-bond acceptors (Lipinski definition) is 4. The molecule has 0 spiro atoms. The standard InChI is InChI=1S/C12H14BrNO4/c1-2-18-12(17)6-4-10(15)8-14-7-9(13)3-5-11(14)16/h3,5,7H,2,4,6,8H2,1H3. The van der Waals surface area contributed by atoms with E-state index in [2.05, 4.69) is 15.9 Å². The monoisotopic (exact) mass is 315 g/mol. The summed E-state index contributed by atoms with van der Waals surface area (Å²) in [6.07, 6.45) is 1.68. The Balaban J connectivity index is 2.52. The van der Waals surface area contributed by atoms with E-state index < -0.39 is 5.97 Å². The van der Waals surface area contributed by atoms with Crippen LogP contribution in [0.5, 0.6) is 0 Å². The van der Waals surface area contributed by atoms with Crippen molar-refractivity contribution in [2.24, 2.45) is 0 Å². The smallest absolute Gasteiger partial charge is 0.306 e. The molecule has 1 heterocycles. The van der Waals surface area contributed by atoms with Crippen molar-refractivity contribution in [2.45, 2.75) is 26.3 Å². The molecular weight excluding hydrogens is 302 g/mol. The number of pyridine rings is 1. The van der Waals surface area contributed by atoms with E-state index in [4.69, 9.17) is 4.74 Å². The van der Waals surface area contributed by atoms with E-state index in [0.29, 0.717) is 6.61 Å². The third-order valence-electron chi connectivity index (χ3n) is 2.21. The van der Waals surface area contributed by atoms with Gasteiger partial charge in [0.05, 0.1) is 19.6 Å². The summed E-state index contributed by atoms with van der Waals surface area (Å²) in [4.78, 5) is 34.1. The Morgan fingerprint density at radius 3 is 2.72 bits per heavy atom. The van der Waals surface area contributed by atoms with Crippen LogP contribution in [-0.4, -0.2) is 22.9 Å². The normalized spacial score (nSPS) is 10.1. The molecule has 0 fully saturated rings. The zero-order valence-electron chi connectivity index (χ0n) is 10.0. The Kier molecular flexibility index (Phi) is 5.77. The minimum Gasteiger partial charge on any atom is -0.466 e. The van der Waals surface area contributed by atoms with Crippen molar-refractivity contribution < 1.29 is 14.3 Å². The van der Waals surface area contributed by atoms with Crippen LogP contribution in [0.15, 0.2) is 27.6 Å². The predicted octanol–water partition coefficient (Wildman–Crippen LogP) is 1.52. The maximum atomic E-state index is 11.6. The van der Waals surface area contributed by atoms with Gasteiger partial charge in [-0.1, -0.05) is 0 Å². The number of carbonyl (C=O) groups excluding carboxylic acids is 2. The van der Waals surface area contributed by atoms with Gasteiger partial charge in [-0.15, -0.1) is 0 Å². The van der Waals surface area contributed by atoms with Crippen LogP contribution < -0.4 is 5.56 Å². The zero-order valence-corrected chi connectivity index (χ0v) is 11.6. The van der Waals surface area contributed by atoms with Gasteiger partial charge in [0.25, 0.3) is 5.56 Å². The molecule has 0 aromatic carbocycles. The number of rotatable bonds is 6. The van der Waals surface area contributed by atoms with Crippen LogP contribution in [0.25, 0.3) is 0 Å². The molecule has 0 N–H and O–H groups in total. The summed E-state index contributed by atoms with van der Waals surface area (Å²) in [5.74, 6) is -0.573. The second-order valence-electron chi connectivity index (χ2n) is 3.66. The first-order valence-corrected chi connectivity index (χ1v) is 6.35. The second-order valence-corrected chi connectivity index (χ2v) is 4.57. The summed E-state index contributed by atoms with van der Waals surface area (Å²) < 4.78 is 6.74. The van der Waals surface area contributed by atoms with Crippen LogP contribution >= 0.6 is 15.9 Å². The average molecular weight is 316 g/mol. The summed E-state index contributed by atoms with van der Waals surface area (Å²) in [5, 5.41) is 0. The molecule has 1 aromatic heterocycles. The molecule has 18 heavy (non-hydrogen) atoms. The molecule has 5 nitrogen and oxygen atoms in total. The number of hydrogen-bond donors (Lipinski definition) is 0. The van der Waals surface area contributed by atoms with Gasteiger partial charge < -0.3 is 9.30 Å². The van der Waals surface area contributed by atoms with Gasteiger partial charge >= 0.3 is 5.97 Å². The number of carbonyl (C=O) groups is 2. The molecule has 6 heteroatoms. The average Bonchev–Trinajstić information content (AvgIpc) is 2.32. The van der Waals surface area contributed by atoms with Crippen LogP contribution in [0.1, 0.15) is 19.8 Å². The van der Waals surface area contributed by atoms with E-state index in [-0.39, 0.29) is 30.7 Å². The molecule has 98 valence electrons. The highest BCUT2D eigenvalue weighted by Crippen LogP contribution is 2.05. The molecule has 1 rings (SSSR count). The number of esters is 1. The molecule has 0 aliphatic carbocycles. The summed E-state index contributed by atoms with van der Waals surface area (Å²) in [7, 11) is 0. The molecule has 0 atom stereocenters. The van der Waals surface area contributed by atoms with Crippen molar-refractivity contribution in [3.63, 3.8) is 0 Å². The van der Waals surface area contributed by atoms with Crippen molar-refractivity contribution in [1.82, 2.24) is 4.57 Å². The second kappa shape index (κ2) is 7.10. The summed E-state index contributed by atoms with van der Waals surface area (Å²) in [5.41, 5.74) is -0.248. The maximum absolute atomic E-state index is 11.6. The largest absolute Gasteiger partial charge is 0.466 e. The van der Waals surface area contributed by atoms with Crippen molar-refractivity contribution in [3.05, 3.63) is 33.2 Å². The highest BCUT2D eigenvalue weighted by Gasteiger charge is 2.09. The third-order valence-corrected chi connectivity index (χ3v) is 2.68. The minimum absolute atomic E-state index is 0.0301. The lowest BCUT2D eigenvalue weighted by Gasteiger charge is -2.05. The van der Waals surface area contributed by atoms with Gasteiger partial charge in [0, 0.05) is 23.2 Å². The number of aromatic nitrogens is 1. The van der Waals surface area contributed by atoms with Gasteiger partial charge in [-0.3, -0.25) is 14.4 Å². The van der Waals surface area contributed by atoms with Crippen molar-refractivity contribution in [1.29, 1.82) is 0 Å². The number of ether oxygens (including phenoxy) is 1. The fourth-order valence-electron chi connectivity index (χ4n) is 1.37. The minimum atomic E-state index is -0.396. The Hall–Kier alpha value is -1.43. The summed E-state index contributed by atoms with van der Waals surface area (Å²) >= 11 is 3.22. The topological polar surface area (TPSA) is 65.4 Å². The fourth-order valence-corrected chi connectivity index (χ4v) is 1.75. The van der Waals surface area contributed by atoms with Gasteiger partial charge in [-0.25, -0.2) is 0 Å². The molecular formula is C12H14BrNO4. The van der Waals surface area contributed by atoms with E-state index in [0.717, 1.165) is 4.47 Å². The van der Waals surface area contributed by atoms with Gasteiger partial charge in [-0.05, 0) is 28.9 Å². The lowest BCUT2D eigenvalue weighted by atomic mass is 10.2. The van der Waals surface area contributed by atoms with Crippen molar-refractivity contribution >= 4 is 27.7 Å². The fraction of sp³-hybridized carbons (Fsp3) is 0.417. The Morgan fingerprint density at radius 1 is 1.33 bits per heavy atom. The Morgan fingerprint density at radius 2 is 2.06 bits per heavy atom. The first-order chi connectivity index (χ1) is 8.52. The number of Topliss-reactive ketones (excluding diaryl/α,β-unsaturated/α-hetero) is 1. The Bertz CT molecular complexity index is 495. The van der Waals surface area contributed by atoms with Crippen LogP contribution in [0.4, 0.5) is 0 Å². The van der Waals surface area contributed by atoms with E-state index in [1.165, 1.54) is 10.6 Å². The molecule has 0 amide bonds. The molecule has 1 aromatic rings. The zero-order chi connectivity index (χ0) is 13.5. The molecule has 0 unspecified atom stereocenters. The highest BCUT2D eigenvalue weighted by molar-refractivity contribution is 9.10. The van der Waals surface area contributed by atoms with Crippen molar-refractivity contribution in [3.8, 4) is 0 Å². The van der Waals surface area contributed by atoms with Crippen LogP contribution in [0.2, 0.25) is 0 Å². The molecule has 0 saturated heterocycles. The number of nitrogens with zero attached hydrogens (tertiary/aromatic N) is 1. The van der Waals surface area contributed by atoms with E-state index >= 15 is 0 Å².